The molecule has 2 nitrogen and oxygen atoms in total. The molecule has 90 valence electrons. The highest BCUT2D eigenvalue weighted by molar-refractivity contribution is 7.80. The fraction of sp³-hybridized carbons (Fsp3) is 0.500. The van der Waals surface area contributed by atoms with E-state index in [1.807, 2.05) is 20.8 Å². The van der Waals surface area contributed by atoms with Crippen LogP contribution in [0.15, 0.2) is 0 Å². The maximum Gasteiger partial charge on any atom is 0.126 e. The molecule has 1 unspecified atom stereocenters. The van der Waals surface area contributed by atoms with Crippen LogP contribution in [-0.2, 0) is 0 Å². The number of halogens is 1. The third-order valence-corrected chi connectivity index (χ3v) is 4.01. The lowest BCUT2D eigenvalue weighted by atomic mass is 9.96. The van der Waals surface area contributed by atoms with Crippen molar-refractivity contribution in [1.29, 1.82) is 0 Å². The number of thiol groups is 1. The molecule has 0 aliphatic heterocycles. The van der Waals surface area contributed by atoms with Crippen LogP contribution in [0.4, 0.5) is 0 Å². The van der Waals surface area contributed by atoms with Gasteiger partial charge in [0.2, 0.25) is 0 Å². The molecule has 2 N–H and O–H groups in total. The molecular formula is C12H18ClNOS. The van der Waals surface area contributed by atoms with Crippen molar-refractivity contribution in [3.05, 3.63) is 27.3 Å². The maximum absolute atomic E-state index is 6.29. The Balaban J connectivity index is 3.57. The largest absolute Gasteiger partial charge is 0.496 e. The van der Waals surface area contributed by atoms with Crippen molar-refractivity contribution in [2.75, 3.05) is 13.7 Å². The summed E-state index contributed by atoms with van der Waals surface area (Å²) in [6.45, 7) is 6.43. The quantitative estimate of drug-likeness (QED) is 0.818. The minimum absolute atomic E-state index is 0.0493. The molecule has 1 atom stereocenters. The van der Waals surface area contributed by atoms with Gasteiger partial charge in [-0.15, -0.1) is 0 Å². The number of nitrogens with two attached hydrogens (primary N) is 1. The van der Waals surface area contributed by atoms with Gasteiger partial charge in [-0.3, -0.25) is 0 Å². The molecule has 0 spiro atoms. The number of hydrogen-bond acceptors (Lipinski definition) is 3. The van der Waals surface area contributed by atoms with E-state index in [2.05, 4.69) is 12.6 Å². The molecule has 0 aliphatic carbocycles. The third kappa shape index (κ3) is 2.17. The predicted molar refractivity (Wildman–Crippen MR) is 73.0 cm³/mol. The fourth-order valence-corrected chi connectivity index (χ4v) is 2.44. The van der Waals surface area contributed by atoms with Crippen LogP contribution in [-0.4, -0.2) is 13.7 Å². The normalized spacial score (nSPS) is 12.7. The van der Waals surface area contributed by atoms with Crippen LogP contribution in [0.2, 0.25) is 5.02 Å². The highest BCUT2D eigenvalue weighted by Crippen LogP contribution is 2.40. The first-order chi connectivity index (χ1) is 7.45. The van der Waals surface area contributed by atoms with Gasteiger partial charge in [0.15, 0.2) is 0 Å². The van der Waals surface area contributed by atoms with Gasteiger partial charge in [-0.05, 0) is 37.5 Å². The van der Waals surface area contributed by atoms with E-state index in [-0.39, 0.29) is 5.25 Å². The second-order valence-electron chi connectivity index (χ2n) is 3.89. The molecule has 0 aromatic heterocycles. The van der Waals surface area contributed by atoms with E-state index in [4.69, 9.17) is 22.1 Å². The number of rotatable bonds is 3. The molecule has 0 radical (unpaired) electrons. The Morgan fingerprint density at radius 1 is 1.25 bits per heavy atom. The van der Waals surface area contributed by atoms with Crippen LogP contribution in [0.5, 0.6) is 5.75 Å². The van der Waals surface area contributed by atoms with E-state index in [0.717, 1.165) is 33.0 Å². The van der Waals surface area contributed by atoms with Crippen molar-refractivity contribution in [2.45, 2.75) is 26.0 Å². The second-order valence-corrected chi connectivity index (χ2v) is 4.89. The first-order valence-corrected chi connectivity index (χ1v) is 6.06. The van der Waals surface area contributed by atoms with E-state index >= 15 is 0 Å². The van der Waals surface area contributed by atoms with Gasteiger partial charge in [0.25, 0.3) is 0 Å². The lowest BCUT2D eigenvalue weighted by Crippen LogP contribution is -2.11. The zero-order valence-corrected chi connectivity index (χ0v) is 11.7. The standard InChI is InChI=1S/C12H18ClNOS/c1-6-7(2)12(15-4)10(9(16)5-14)8(3)11(6)13/h9,16H,5,14H2,1-4H3. The Labute approximate surface area is 108 Å². The molecule has 0 heterocycles. The molecule has 1 rings (SSSR count). The summed E-state index contributed by atoms with van der Waals surface area (Å²) in [4.78, 5) is 0. The second kappa shape index (κ2) is 5.30. The average Bonchev–Trinajstić information content (AvgIpc) is 2.29. The van der Waals surface area contributed by atoms with Gasteiger partial charge in [-0.1, -0.05) is 11.6 Å². The van der Waals surface area contributed by atoms with Crippen LogP contribution < -0.4 is 10.5 Å². The SMILES string of the molecule is COc1c(C)c(C)c(Cl)c(C)c1C(S)CN. The van der Waals surface area contributed by atoms with E-state index < -0.39 is 0 Å². The molecule has 1 aromatic rings. The minimum Gasteiger partial charge on any atom is -0.496 e. The van der Waals surface area contributed by atoms with Gasteiger partial charge >= 0.3 is 0 Å². The van der Waals surface area contributed by atoms with Crippen LogP contribution in [0, 0.1) is 20.8 Å². The minimum atomic E-state index is -0.0493. The highest BCUT2D eigenvalue weighted by Gasteiger charge is 2.20. The van der Waals surface area contributed by atoms with Crippen LogP contribution >= 0.6 is 24.2 Å². The van der Waals surface area contributed by atoms with Gasteiger partial charge in [0, 0.05) is 22.4 Å². The van der Waals surface area contributed by atoms with Crippen molar-refractivity contribution < 1.29 is 4.74 Å². The molecule has 0 fully saturated rings. The predicted octanol–water partition coefficient (Wildman–Crippen LogP) is 3.20. The summed E-state index contributed by atoms with van der Waals surface area (Å²) >= 11 is 10.8. The molecule has 1 aromatic carbocycles. The van der Waals surface area contributed by atoms with Crippen molar-refractivity contribution in [3.8, 4) is 5.75 Å². The zero-order valence-electron chi connectivity index (χ0n) is 10.1. The number of benzene rings is 1. The Morgan fingerprint density at radius 2 is 1.81 bits per heavy atom. The van der Waals surface area contributed by atoms with Gasteiger partial charge < -0.3 is 10.5 Å². The third-order valence-electron chi connectivity index (χ3n) is 2.97. The van der Waals surface area contributed by atoms with Crippen LogP contribution in [0.3, 0.4) is 0 Å². The zero-order chi connectivity index (χ0) is 12.5. The summed E-state index contributed by atoms with van der Waals surface area (Å²) in [6, 6.07) is 0. The summed E-state index contributed by atoms with van der Waals surface area (Å²) < 4.78 is 5.45. The topological polar surface area (TPSA) is 35.2 Å². The number of methoxy groups -OCH3 is 1. The fourth-order valence-electron chi connectivity index (χ4n) is 1.89. The van der Waals surface area contributed by atoms with Gasteiger partial charge in [-0.2, -0.15) is 12.6 Å². The molecular weight excluding hydrogens is 242 g/mol. The molecule has 4 heteroatoms. The monoisotopic (exact) mass is 259 g/mol. The Kier molecular flexibility index (Phi) is 4.53. The van der Waals surface area contributed by atoms with Crippen molar-refractivity contribution in [1.82, 2.24) is 0 Å². The Bertz CT molecular complexity index is 407. The van der Waals surface area contributed by atoms with Crippen molar-refractivity contribution in [2.24, 2.45) is 5.73 Å². The smallest absolute Gasteiger partial charge is 0.126 e. The highest BCUT2D eigenvalue weighted by atomic mass is 35.5. The number of hydrogen-bond donors (Lipinski definition) is 2. The van der Waals surface area contributed by atoms with Gasteiger partial charge in [-0.25, -0.2) is 0 Å². The first-order valence-electron chi connectivity index (χ1n) is 5.16. The summed E-state index contributed by atoms with van der Waals surface area (Å²) in [5.74, 6) is 0.852. The van der Waals surface area contributed by atoms with Crippen LogP contribution in [0.25, 0.3) is 0 Å². The summed E-state index contributed by atoms with van der Waals surface area (Å²) in [5.41, 5.74) is 9.78. The van der Waals surface area contributed by atoms with Crippen molar-refractivity contribution in [3.63, 3.8) is 0 Å². The maximum atomic E-state index is 6.29. The molecule has 0 bridgehead atoms. The van der Waals surface area contributed by atoms with E-state index in [0.29, 0.717) is 6.54 Å². The average molecular weight is 260 g/mol. The van der Waals surface area contributed by atoms with E-state index in [1.165, 1.54) is 0 Å². The summed E-state index contributed by atoms with van der Waals surface area (Å²) in [5, 5.41) is 0.729. The van der Waals surface area contributed by atoms with E-state index in [9.17, 15) is 0 Å². The van der Waals surface area contributed by atoms with Crippen LogP contribution in [0.1, 0.15) is 27.5 Å². The number of ether oxygens (including phenoxy) is 1. The Morgan fingerprint density at radius 3 is 2.25 bits per heavy atom. The lowest BCUT2D eigenvalue weighted by molar-refractivity contribution is 0.405. The molecule has 0 aliphatic rings. The van der Waals surface area contributed by atoms with Crippen molar-refractivity contribution >= 4 is 24.2 Å². The summed E-state index contributed by atoms with van der Waals surface area (Å²) in [6.07, 6.45) is 0. The van der Waals surface area contributed by atoms with Gasteiger partial charge in [0.1, 0.15) is 5.75 Å². The lowest BCUT2D eigenvalue weighted by Gasteiger charge is -2.21. The van der Waals surface area contributed by atoms with E-state index in [1.54, 1.807) is 7.11 Å². The van der Waals surface area contributed by atoms with Gasteiger partial charge in [0.05, 0.1) is 7.11 Å². The first kappa shape index (κ1) is 13.7. The molecule has 0 saturated heterocycles. The Hall–Kier alpha value is -0.380. The summed E-state index contributed by atoms with van der Waals surface area (Å²) in [7, 11) is 1.66. The molecule has 0 saturated carbocycles. The molecule has 0 amide bonds. The molecule has 16 heavy (non-hydrogen) atoms.